The lowest BCUT2D eigenvalue weighted by Gasteiger charge is -2.26. The summed E-state index contributed by atoms with van der Waals surface area (Å²) in [6, 6.07) is 5.08. The summed E-state index contributed by atoms with van der Waals surface area (Å²) < 4.78 is 37.3. The molecule has 0 spiro atoms. The Morgan fingerprint density at radius 2 is 1.95 bits per heavy atom. The lowest BCUT2D eigenvalue weighted by molar-refractivity contribution is 0.0730. The van der Waals surface area contributed by atoms with Crippen molar-refractivity contribution in [2.45, 2.75) is 25.2 Å². The van der Waals surface area contributed by atoms with Crippen LogP contribution < -0.4 is 4.74 Å². The summed E-state index contributed by atoms with van der Waals surface area (Å²) in [4.78, 5) is 0.333. The van der Waals surface area contributed by atoms with Crippen LogP contribution in [0.4, 0.5) is 0 Å². The SMILES string of the molecule is CCOc1ccc(S(=O)(=O)N2CCOCC2)cc1CC. The van der Waals surface area contributed by atoms with E-state index in [1.165, 1.54) is 4.31 Å². The normalized spacial score (nSPS) is 17.1. The van der Waals surface area contributed by atoms with Crippen LogP contribution in [-0.4, -0.2) is 45.6 Å². The highest BCUT2D eigenvalue weighted by Crippen LogP contribution is 2.25. The van der Waals surface area contributed by atoms with Gasteiger partial charge < -0.3 is 9.47 Å². The third-order valence-corrected chi connectivity index (χ3v) is 5.22. The number of morpholine rings is 1. The molecule has 0 aliphatic carbocycles. The minimum Gasteiger partial charge on any atom is -0.494 e. The molecular weight excluding hydrogens is 278 g/mol. The molecule has 112 valence electrons. The van der Waals surface area contributed by atoms with Gasteiger partial charge in [0.2, 0.25) is 10.0 Å². The average molecular weight is 299 g/mol. The van der Waals surface area contributed by atoms with Crippen molar-refractivity contribution < 1.29 is 17.9 Å². The summed E-state index contributed by atoms with van der Waals surface area (Å²) in [6.45, 7) is 6.21. The van der Waals surface area contributed by atoms with Crippen molar-refractivity contribution in [1.82, 2.24) is 4.31 Å². The molecule has 0 N–H and O–H groups in total. The third-order valence-electron chi connectivity index (χ3n) is 3.32. The number of sulfonamides is 1. The second-order valence-electron chi connectivity index (χ2n) is 4.57. The molecule has 0 saturated carbocycles. The number of benzene rings is 1. The summed E-state index contributed by atoms with van der Waals surface area (Å²) in [5.74, 6) is 0.760. The highest BCUT2D eigenvalue weighted by molar-refractivity contribution is 7.89. The van der Waals surface area contributed by atoms with Crippen molar-refractivity contribution in [3.63, 3.8) is 0 Å². The zero-order chi connectivity index (χ0) is 14.6. The van der Waals surface area contributed by atoms with Crippen molar-refractivity contribution in [1.29, 1.82) is 0 Å². The zero-order valence-corrected chi connectivity index (χ0v) is 12.8. The Hall–Kier alpha value is -1.11. The van der Waals surface area contributed by atoms with Crippen LogP contribution >= 0.6 is 0 Å². The number of rotatable bonds is 5. The van der Waals surface area contributed by atoms with E-state index < -0.39 is 10.0 Å². The predicted octanol–water partition coefficient (Wildman–Crippen LogP) is 1.67. The molecule has 1 aromatic rings. The molecule has 2 rings (SSSR count). The van der Waals surface area contributed by atoms with E-state index in [0.717, 1.165) is 17.7 Å². The second kappa shape index (κ2) is 6.56. The van der Waals surface area contributed by atoms with E-state index in [-0.39, 0.29) is 0 Å². The Labute approximate surface area is 120 Å². The quantitative estimate of drug-likeness (QED) is 0.830. The van der Waals surface area contributed by atoms with Crippen molar-refractivity contribution in [3.05, 3.63) is 23.8 Å². The van der Waals surface area contributed by atoms with Gasteiger partial charge in [0.15, 0.2) is 0 Å². The van der Waals surface area contributed by atoms with Gasteiger partial charge in [-0.1, -0.05) is 6.92 Å². The van der Waals surface area contributed by atoms with Crippen molar-refractivity contribution in [2.75, 3.05) is 32.9 Å². The first-order chi connectivity index (χ1) is 9.59. The number of nitrogens with zero attached hydrogens (tertiary/aromatic N) is 1. The fourth-order valence-electron chi connectivity index (χ4n) is 2.22. The van der Waals surface area contributed by atoms with Crippen molar-refractivity contribution >= 4 is 10.0 Å². The molecule has 1 aliphatic heterocycles. The number of aryl methyl sites for hydroxylation is 1. The molecular formula is C14H21NO4S. The molecule has 1 aromatic carbocycles. The molecule has 6 heteroatoms. The van der Waals surface area contributed by atoms with Crippen LogP contribution in [0.15, 0.2) is 23.1 Å². The summed E-state index contributed by atoms with van der Waals surface area (Å²) >= 11 is 0. The summed E-state index contributed by atoms with van der Waals surface area (Å²) in [5.41, 5.74) is 0.918. The van der Waals surface area contributed by atoms with Crippen LogP contribution in [0.25, 0.3) is 0 Å². The van der Waals surface area contributed by atoms with Crippen LogP contribution in [0.3, 0.4) is 0 Å². The van der Waals surface area contributed by atoms with E-state index in [1.54, 1.807) is 18.2 Å². The molecule has 0 unspecified atom stereocenters. The topological polar surface area (TPSA) is 55.8 Å². The van der Waals surface area contributed by atoms with E-state index in [1.807, 2.05) is 13.8 Å². The largest absolute Gasteiger partial charge is 0.494 e. The Morgan fingerprint density at radius 3 is 2.55 bits per heavy atom. The fourth-order valence-corrected chi connectivity index (χ4v) is 3.68. The minimum absolute atomic E-state index is 0.333. The molecule has 5 nitrogen and oxygen atoms in total. The third kappa shape index (κ3) is 3.13. The Bertz CT molecular complexity index is 550. The van der Waals surface area contributed by atoms with E-state index in [0.29, 0.717) is 37.8 Å². The van der Waals surface area contributed by atoms with Gasteiger partial charge in [0.1, 0.15) is 5.75 Å². The van der Waals surface area contributed by atoms with Gasteiger partial charge in [0.05, 0.1) is 24.7 Å². The Morgan fingerprint density at radius 1 is 1.25 bits per heavy atom. The number of hydrogen-bond acceptors (Lipinski definition) is 4. The first-order valence-corrected chi connectivity index (χ1v) is 8.37. The van der Waals surface area contributed by atoms with Crippen LogP contribution in [-0.2, 0) is 21.2 Å². The van der Waals surface area contributed by atoms with Gasteiger partial charge in [-0.3, -0.25) is 0 Å². The van der Waals surface area contributed by atoms with Gasteiger partial charge in [-0.15, -0.1) is 0 Å². The molecule has 0 amide bonds. The molecule has 1 fully saturated rings. The zero-order valence-electron chi connectivity index (χ0n) is 12.0. The number of ether oxygens (including phenoxy) is 2. The van der Waals surface area contributed by atoms with E-state index in [4.69, 9.17) is 9.47 Å². The maximum atomic E-state index is 12.6. The molecule has 0 radical (unpaired) electrons. The van der Waals surface area contributed by atoms with Crippen molar-refractivity contribution in [2.24, 2.45) is 0 Å². The van der Waals surface area contributed by atoms with Gasteiger partial charge in [-0.25, -0.2) is 8.42 Å². The van der Waals surface area contributed by atoms with Gasteiger partial charge in [0.25, 0.3) is 0 Å². The van der Waals surface area contributed by atoms with Gasteiger partial charge in [0, 0.05) is 13.1 Å². The summed E-state index contributed by atoms with van der Waals surface area (Å²) in [6.07, 6.45) is 0.738. The van der Waals surface area contributed by atoms with Crippen LogP contribution in [0.1, 0.15) is 19.4 Å². The summed E-state index contributed by atoms with van der Waals surface area (Å²) in [7, 11) is -3.43. The van der Waals surface area contributed by atoms with E-state index in [2.05, 4.69) is 0 Å². The average Bonchev–Trinajstić information content (AvgIpc) is 2.48. The van der Waals surface area contributed by atoms with Crippen molar-refractivity contribution in [3.8, 4) is 5.75 Å². The smallest absolute Gasteiger partial charge is 0.243 e. The predicted molar refractivity (Wildman–Crippen MR) is 76.6 cm³/mol. The summed E-state index contributed by atoms with van der Waals surface area (Å²) in [5, 5.41) is 0. The van der Waals surface area contributed by atoms with Crippen LogP contribution in [0, 0.1) is 0 Å². The van der Waals surface area contributed by atoms with Gasteiger partial charge >= 0.3 is 0 Å². The van der Waals surface area contributed by atoms with Gasteiger partial charge in [-0.2, -0.15) is 4.31 Å². The van der Waals surface area contributed by atoms with E-state index >= 15 is 0 Å². The highest BCUT2D eigenvalue weighted by Gasteiger charge is 2.26. The fraction of sp³-hybridized carbons (Fsp3) is 0.571. The highest BCUT2D eigenvalue weighted by atomic mass is 32.2. The maximum absolute atomic E-state index is 12.6. The number of hydrogen-bond donors (Lipinski definition) is 0. The Kier molecular flexibility index (Phi) is 5.01. The Balaban J connectivity index is 2.31. The molecule has 0 atom stereocenters. The monoisotopic (exact) mass is 299 g/mol. The molecule has 1 heterocycles. The van der Waals surface area contributed by atoms with Crippen LogP contribution in [0.5, 0.6) is 5.75 Å². The minimum atomic E-state index is -3.43. The molecule has 20 heavy (non-hydrogen) atoms. The molecule has 0 aromatic heterocycles. The molecule has 1 saturated heterocycles. The van der Waals surface area contributed by atoms with E-state index in [9.17, 15) is 8.42 Å². The lowest BCUT2D eigenvalue weighted by Crippen LogP contribution is -2.40. The van der Waals surface area contributed by atoms with Crippen LogP contribution in [0.2, 0.25) is 0 Å². The molecule has 0 bridgehead atoms. The lowest BCUT2D eigenvalue weighted by atomic mass is 10.1. The molecule has 1 aliphatic rings. The first-order valence-electron chi connectivity index (χ1n) is 6.93. The van der Waals surface area contributed by atoms with Gasteiger partial charge in [-0.05, 0) is 37.1 Å². The standard InChI is InChI=1S/C14H21NO4S/c1-3-12-11-13(5-6-14(12)19-4-2)20(16,17)15-7-9-18-10-8-15/h5-6,11H,3-4,7-10H2,1-2H3. The first kappa shape index (κ1) is 15.3. The second-order valence-corrected chi connectivity index (χ2v) is 6.51. The maximum Gasteiger partial charge on any atom is 0.243 e.